The van der Waals surface area contributed by atoms with Gasteiger partial charge in [-0.3, -0.25) is 0 Å². The average Bonchev–Trinajstić information content (AvgIpc) is 3.26. The molecule has 1 aliphatic rings. The lowest BCUT2D eigenvalue weighted by Gasteiger charge is -2.15. The van der Waals surface area contributed by atoms with Crippen molar-refractivity contribution in [2.75, 3.05) is 0 Å². The van der Waals surface area contributed by atoms with E-state index in [2.05, 4.69) is 29.5 Å². The molecular formula is C23H23F2N3. The van der Waals surface area contributed by atoms with Crippen LogP contribution in [0.4, 0.5) is 8.78 Å². The van der Waals surface area contributed by atoms with Crippen LogP contribution in [-0.4, -0.2) is 15.8 Å². The van der Waals surface area contributed by atoms with E-state index in [4.69, 9.17) is 0 Å². The smallest absolute Gasteiger partial charge is 0.123 e. The topological polar surface area (TPSA) is 29.9 Å². The Morgan fingerprint density at radius 1 is 0.964 bits per heavy atom. The van der Waals surface area contributed by atoms with Crippen LogP contribution in [0.3, 0.4) is 0 Å². The minimum Gasteiger partial charge on any atom is -0.306 e. The van der Waals surface area contributed by atoms with Gasteiger partial charge < -0.3 is 5.32 Å². The minimum atomic E-state index is -0.251. The molecule has 5 heteroatoms. The molecule has 4 rings (SSSR count). The molecule has 1 aliphatic carbocycles. The summed E-state index contributed by atoms with van der Waals surface area (Å²) in [7, 11) is 0. The van der Waals surface area contributed by atoms with Crippen LogP contribution in [0.5, 0.6) is 0 Å². The lowest BCUT2D eigenvalue weighted by molar-refractivity contribution is 0.558. The van der Waals surface area contributed by atoms with Crippen molar-refractivity contribution in [2.24, 2.45) is 0 Å². The summed E-state index contributed by atoms with van der Waals surface area (Å²) in [6.45, 7) is 4.79. The first-order chi connectivity index (χ1) is 13.5. The van der Waals surface area contributed by atoms with E-state index in [0.717, 1.165) is 29.1 Å². The lowest BCUT2D eigenvalue weighted by atomic mass is 9.96. The zero-order chi connectivity index (χ0) is 19.7. The van der Waals surface area contributed by atoms with Crippen molar-refractivity contribution in [3.8, 4) is 5.69 Å². The molecule has 1 heterocycles. The van der Waals surface area contributed by atoms with Gasteiger partial charge in [0.1, 0.15) is 11.6 Å². The van der Waals surface area contributed by atoms with E-state index in [-0.39, 0.29) is 17.7 Å². The van der Waals surface area contributed by atoms with E-state index in [1.54, 1.807) is 24.3 Å². The van der Waals surface area contributed by atoms with Crippen molar-refractivity contribution < 1.29 is 8.78 Å². The van der Waals surface area contributed by atoms with Gasteiger partial charge in [0.2, 0.25) is 0 Å². The first-order valence-corrected chi connectivity index (χ1v) is 9.49. The normalized spacial score (nSPS) is 18.7. The molecule has 144 valence electrons. The van der Waals surface area contributed by atoms with Crippen molar-refractivity contribution in [3.63, 3.8) is 0 Å². The first-order valence-electron chi connectivity index (χ1n) is 9.49. The number of nitrogens with zero attached hydrogens (tertiary/aromatic N) is 2. The fourth-order valence-corrected chi connectivity index (χ4v) is 3.94. The van der Waals surface area contributed by atoms with Crippen LogP contribution in [-0.2, 0) is 6.54 Å². The van der Waals surface area contributed by atoms with Crippen molar-refractivity contribution in [1.82, 2.24) is 15.1 Å². The molecule has 0 saturated carbocycles. The predicted molar refractivity (Wildman–Crippen MR) is 107 cm³/mol. The van der Waals surface area contributed by atoms with Crippen molar-refractivity contribution >= 4 is 0 Å². The maximum atomic E-state index is 13.2. The largest absolute Gasteiger partial charge is 0.306 e. The van der Waals surface area contributed by atoms with Gasteiger partial charge >= 0.3 is 0 Å². The Labute approximate surface area is 163 Å². The molecule has 1 aromatic heterocycles. The number of halogens is 2. The molecular weight excluding hydrogens is 356 g/mol. The number of rotatable bonds is 5. The van der Waals surface area contributed by atoms with Crippen LogP contribution >= 0.6 is 0 Å². The van der Waals surface area contributed by atoms with Crippen molar-refractivity contribution in [1.29, 1.82) is 0 Å². The van der Waals surface area contributed by atoms with Gasteiger partial charge in [0.15, 0.2) is 0 Å². The number of aryl methyl sites for hydroxylation is 1. The molecule has 0 saturated heterocycles. The van der Waals surface area contributed by atoms with Crippen LogP contribution in [0.15, 0.2) is 60.7 Å². The standard InChI is InChI=1S/C23H23F2N3/c1-15-23(16(2)28(27-15)22-11-8-20(25)9-12-22)18-5-10-21(13-18)26-14-17-3-6-19(24)7-4-17/h3-12,18,21,26H,13-14H2,1-2H3/t18-,21+/m0/s1. The van der Waals surface area contributed by atoms with E-state index in [0.29, 0.717) is 12.5 Å². The third-order valence-corrected chi connectivity index (χ3v) is 5.35. The highest BCUT2D eigenvalue weighted by Crippen LogP contribution is 2.34. The third-order valence-electron chi connectivity index (χ3n) is 5.35. The van der Waals surface area contributed by atoms with Crippen LogP contribution in [0, 0.1) is 25.5 Å². The van der Waals surface area contributed by atoms with Gasteiger partial charge in [-0.15, -0.1) is 0 Å². The fraction of sp³-hybridized carbons (Fsp3) is 0.261. The molecule has 0 amide bonds. The second kappa shape index (κ2) is 7.68. The van der Waals surface area contributed by atoms with Gasteiger partial charge in [0.25, 0.3) is 0 Å². The summed E-state index contributed by atoms with van der Waals surface area (Å²) >= 11 is 0. The summed E-state index contributed by atoms with van der Waals surface area (Å²) in [5.41, 5.74) is 5.23. The number of hydrogen-bond donors (Lipinski definition) is 1. The van der Waals surface area contributed by atoms with Crippen LogP contribution in [0.25, 0.3) is 5.69 Å². The molecule has 0 radical (unpaired) electrons. The molecule has 0 unspecified atom stereocenters. The summed E-state index contributed by atoms with van der Waals surface area (Å²) in [6, 6.07) is 13.3. The highest BCUT2D eigenvalue weighted by Gasteiger charge is 2.26. The Balaban J connectivity index is 1.46. The summed E-state index contributed by atoms with van der Waals surface area (Å²) < 4.78 is 28.1. The molecule has 28 heavy (non-hydrogen) atoms. The predicted octanol–water partition coefficient (Wildman–Crippen LogP) is 4.97. The summed E-state index contributed by atoms with van der Waals surface area (Å²) in [6.07, 6.45) is 5.38. The Kier molecular flexibility index (Phi) is 5.09. The second-order valence-corrected chi connectivity index (χ2v) is 7.31. The van der Waals surface area contributed by atoms with Gasteiger partial charge in [0, 0.05) is 29.8 Å². The van der Waals surface area contributed by atoms with E-state index >= 15 is 0 Å². The number of benzene rings is 2. The van der Waals surface area contributed by atoms with E-state index in [1.807, 2.05) is 11.6 Å². The summed E-state index contributed by atoms with van der Waals surface area (Å²) in [5.74, 6) is -0.173. The monoisotopic (exact) mass is 379 g/mol. The lowest BCUT2D eigenvalue weighted by Crippen LogP contribution is -2.25. The highest BCUT2D eigenvalue weighted by molar-refractivity contribution is 5.41. The quantitative estimate of drug-likeness (QED) is 0.635. The Morgan fingerprint density at radius 2 is 1.61 bits per heavy atom. The molecule has 0 spiro atoms. The van der Waals surface area contributed by atoms with E-state index < -0.39 is 0 Å². The average molecular weight is 379 g/mol. The van der Waals surface area contributed by atoms with Crippen molar-refractivity contribution in [3.05, 3.63) is 94.8 Å². The Hall–Kier alpha value is -2.79. The maximum Gasteiger partial charge on any atom is 0.123 e. The molecule has 0 bridgehead atoms. The molecule has 2 aromatic carbocycles. The Bertz CT molecular complexity index is 988. The number of aromatic nitrogens is 2. The summed E-state index contributed by atoms with van der Waals surface area (Å²) in [4.78, 5) is 0. The second-order valence-electron chi connectivity index (χ2n) is 7.31. The van der Waals surface area contributed by atoms with Crippen molar-refractivity contribution in [2.45, 2.75) is 38.8 Å². The zero-order valence-electron chi connectivity index (χ0n) is 16.0. The molecule has 0 aliphatic heterocycles. The van der Waals surface area contributed by atoms with Crippen LogP contribution in [0.2, 0.25) is 0 Å². The van der Waals surface area contributed by atoms with E-state index in [1.165, 1.54) is 29.8 Å². The first kappa shape index (κ1) is 18.6. The van der Waals surface area contributed by atoms with Gasteiger partial charge in [0.05, 0.1) is 11.4 Å². The number of nitrogens with one attached hydrogen (secondary N) is 1. The summed E-state index contributed by atoms with van der Waals surface area (Å²) in [5, 5.41) is 8.21. The van der Waals surface area contributed by atoms with Crippen LogP contribution < -0.4 is 5.32 Å². The highest BCUT2D eigenvalue weighted by atomic mass is 19.1. The maximum absolute atomic E-state index is 13.2. The zero-order valence-corrected chi connectivity index (χ0v) is 16.0. The molecule has 1 N–H and O–H groups in total. The number of allylic oxidation sites excluding steroid dienone is 1. The molecule has 3 nitrogen and oxygen atoms in total. The minimum absolute atomic E-state index is 0.214. The van der Waals surface area contributed by atoms with Gasteiger partial charge in [-0.05, 0) is 62.2 Å². The van der Waals surface area contributed by atoms with E-state index in [9.17, 15) is 8.78 Å². The third kappa shape index (κ3) is 3.76. The number of hydrogen-bond acceptors (Lipinski definition) is 2. The Morgan fingerprint density at radius 3 is 2.29 bits per heavy atom. The van der Waals surface area contributed by atoms with Gasteiger partial charge in [-0.2, -0.15) is 5.10 Å². The van der Waals surface area contributed by atoms with Gasteiger partial charge in [-0.25, -0.2) is 13.5 Å². The molecule has 2 atom stereocenters. The molecule has 0 fully saturated rings. The van der Waals surface area contributed by atoms with Gasteiger partial charge in [-0.1, -0.05) is 24.3 Å². The van der Waals surface area contributed by atoms with Crippen LogP contribution in [0.1, 0.15) is 34.9 Å². The SMILES string of the molecule is Cc1nn(-c2ccc(F)cc2)c(C)c1[C@H]1C=C[C@@H](NCc2ccc(F)cc2)C1. The fourth-order valence-electron chi connectivity index (χ4n) is 3.94. The molecule has 3 aromatic rings.